The smallest absolute Gasteiger partial charge is 0.150 e. The van der Waals surface area contributed by atoms with Crippen LogP contribution < -0.4 is 10.6 Å². The summed E-state index contributed by atoms with van der Waals surface area (Å²) in [5.74, 6) is 0. The minimum Gasteiger partial charge on any atom is -0.377 e. The van der Waals surface area contributed by atoms with E-state index < -0.39 is 11.6 Å². The predicted molar refractivity (Wildman–Crippen MR) is 164 cm³/mol. The Morgan fingerprint density at radius 2 is 1.79 bits per heavy atom. The van der Waals surface area contributed by atoms with E-state index >= 15 is 0 Å². The molecule has 6 rings (SSSR count). The van der Waals surface area contributed by atoms with Gasteiger partial charge < -0.3 is 10.6 Å². The molecule has 2 heterocycles. The molecule has 10 heteroatoms. The standard InChI is InChI=1S/C32H26Cl2N8/c1-2-26(20-8-4-3-5-9-20)38-29-21(16-35)17-37-30-24(29)14-22(33)15-27(30)39-31(23-10-6-7-11-25(23)34)28-18-42(41-40-28)32(19-36)12-13-32/h3-11,14-15,17-18,26,31,39H,2,12-13H2,1H3,(H,37,38)/t26-,31+/m1/s1. The first-order valence-corrected chi connectivity index (χ1v) is 14.4. The number of nitriles is 2. The summed E-state index contributed by atoms with van der Waals surface area (Å²) >= 11 is 13.4. The van der Waals surface area contributed by atoms with E-state index in [1.165, 1.54) is 0 Å². The normalized spacial score (nSPS) is 14.9. The second-order valence-corrected chi connectivity index (χ2v) is 11.2. The van der Waals surface area contributed by atoms with Crippen LogP contribution in [-0.2, 0) is 5.54 Å². The molecule has 1 aliphatic rings. The van der Waals surface area contributed by atoms with E-state index in [1.807, 2.05) is 48.5 Å². The summed E-state index contributed by atoms with van der Waals surface area (Å²) in [7, 11) is 0. The molecule has 42 heavy (non-hydrogen) atoms. The molecule has 2 N–H and O–H groups in total. The molecule has 0 unspecified atom stereocenters. The van der Waals surface area contributed by atoms with Gasteiger partial charge in [0.1, 0.15) is 11.8 Å². The van der Waals surface area contributed by atoms with Crippen LogP contribution in [0.25, 0.3) is 10.9 Å². The van der Waals surface area contributed by atoms with Gasteiger partial charge in [-0.05, 0) is 48.6 Å². The lowest BCUT2D eigenvalue weighted by Gasteiger charge is -2.23. The molecule has 8 nitrogen and oxygen atoms in total. The number of hydrogen-bond donors (Lipinski definition) is 2. The number of halogens is 2. The van der Waals surface area contributed by atoms with Crippen LogP contribution in [0.1, 0.15) is 60.7 Å². The van der Waals surface area contributed by atoms with Gasteiger partial charge in [-0.3, -0.25) is 4.98 Å². The molecule has 5 aromatic rings. The molecule has 208 valence electrons. The van der Waals surface area contributed by atoms with Crippen molar-refractivity contribution in [3.63, 3.8) is 0 Å². The van der Waals surface area contributed by atoms with E-state index in [4.69, 9.17) is 23.2 Å². The van der Waals surface area contributed by atoms with E-state index in [2.05, 4.69) is 57.1 Å². The third-order valence-electron chi connectivity index (χ3n) is 7.68. The van der Waals surface area contributed by atoms with Gasteiger partial charge in [0, 0.05) is 21.6 Å². The Labute approximate surface area is 253 Å². The SMILES string of the molecule is CC[C@@H](Nc1c(C#N)cnc2c(N[C@H](c3cn(C4(C#N)CC4)nn3)c3ccccc3Cl)cc(Cl)cc12)c1ccccc1. The topological polar surface area (TPSA) is 115 Å². The minimum atomic E-state index is -0.649. The lowest BCUT2D eigenvalue weighted by molar-refractivity contribution is 0.516. The van der Waals surface area contributed by atoms with E-state index in [-0.39, 0.29) is 6.04 Å². The summed E-state index contributed by atoms with van der Waals surface area (Å²) in [6, 6.07) is 25.3. The summed E-state index contributed by atoms with van der Waals surface area (Å²) in [6.45, 7) is 2.10. The Morgan fingerprint density at radius 3 is 2.48 bits per heavy atom. The van der Waals surface area contributed by atoms with Crippen LogP contribution in [0.5, 0.6) is 0 Å². The van der Waals surface area contributed by atoms with Crippen molar-refractivity contribution < 1.29 is 0 Å². The van der Waals surface area contributed by atoms with Gasteiger partial charge in [0.05, 0.1) is 46.8 Å². The van der Waals surface area contributed by atoms with Crippen LogP contribution in [0.3, 0.4) is 0 Å². The maximum absolute atomic E-state index is 10.0. The molecular formula is C32H26Cl2N8. The summed E-state index contributed by atoms with van der Waals surface area (Å²) < 4.78 is 1.64. The van der Waals surface area contributed by atoms with Gasteiger partial charge in [-0.2, -0.15) is 10.5 Å². The fourth-order valence-corrected chi connectivity index (χ4v) is 5.67. The molecule has 1 fully saturated rings. The largest absolute Gasteiger partial charge is 0.377 e. The third-order valence-corrected chi connectivity index (χ3v) is 8.24. The number of nitrogens with zero attached hydrogens (tertiary/aromatic N) is 6. The molecule has 3 aromatic carbocycles. The van der Waals surface area contributed by atoms with Gasteiger partial charge in [-0.1, -0.05) is 83.9 Å². The molecule has 1 aliphatic carbocycles. The van der Waals surface area contributed by atoms with Crippen molar-refractivity contribution in [1.82, 2.24) is 20.0 Å². The molecule has 1 saturated carbocycles. The molecule has 0 amide bonds. The van der Waals surface area contributed by atoms with Gasteiger partial charge in [-0.15, -0.1) is 5.10 Å². The molecule has 0 saturated heterocycles. The average molecular weight is 594 g/mol. The van der Waals surface area contributed by atoms with Crippen LogP contribution in [0.15, 0.2) is 79.1 Å². The summed E-state index contributed by atoms with van der Waals surface area (Å²) in [5.41, 5.74) is 4.19. The number of hydrogen-bond acceptors (Lipinski definition) is 7. The Bertz CT molecular complexity index is 1850. The number of rotatable bonds is 9. The lowest BCUT2D eigenvalue weighted by Crippen LogP contribution is -2.16. The second kappa shape index (κ2) is 11.3. The lowest BCUT2D eigenvalue weighted by atomic mass is 10.0. The van der Waals surface area contributed by atoms with Crippen molar-refractivity contribution in [3.05, 3.63) is 112 Å². The zero-order chi connectivity index (χ0) is 29.3. The van der Waals surface area contributed by atoms with E-state index in [1.54, 1.807) is 23.1 Å². The highest BCUT2D eigenvalue weighted by molar-refractivity contribution is 6.32. The van der Waals surface area contributed by atoms with Crippen LogP contribution >= 0.6 is 23.2 Å². The van der Waals surface area contributed by atoms with Gasteiger partial charge in [-0.25, -0.2) is 4.68 Å². The van der Waals surface area contributed by atoms with Crippen LogP contribution in [0.4, 0.5) is 11.4 Å². The van der Waals surface area contributed by atoms with Gasteiger partial charge in [0.15, 0.2) is 5.54 Å². The third kappa shape index (κ3) is 5.12. The summed E-state index contributed by atoms with van der Waals surface area (Å²) in [6.07, 6.45) is 5.64. The van der Waals surface area contributed by atoms with Gasteiger partial charge >= 0.3 is 0 Å². The van der Waals surface area contributed by atoms with Crippen LogP contribution in [0, 0.1) is 22.7 Å². The van der Waals surface area contributed by atoms with E-state index in [0.29, 0.717) is 43.6 Å². The highest BCUT2D eigenvalue weighted by Crippen LogP contribution is 2.43. The average Bonchev–Trinajstić information content (AvgIpc) is 3.66. The fourth-order valence-electron chi connectivity index (χ4n) is 5.20. The number of anilines is 2. The molecule has 0 radical (unpaired) electrons. The van der Waals surface area contributed by atoms with E-state index in [9.17, 15) is 10.5 Å². The van der Waals surface area contributed by atoms with Crippen molar-refractivity contribution in [1.29, 1.82) is 10.5 Å². The van der Waals surface area contributed by atoms with Crippen LogP contribution in [0.2, 0.25) is 10.0 Å². The first kappa shape index (κ1) is 27.5. The number of fused-ring (bicyclic) bond motifs is 1. The zero-order valence-electron chi connectivity index (χ0n) is 22.7. The Morgan fingerprint density at radius 1 is 1.02 bits per heavy atom. The molecule has 0 bridgehead atoms. The first-order valence-electron chi connectivity index (χ1n) is 13.6. The molecule has 0 spiro atoms. The van der Waals surface area contributed by atoms with Gasteiger partial charge in [0.2, 0.25) is 0 Å². The highest BCUT2D eigenvalue weighted by atomic mass is 35.5. The van der Waals surface area contributed by atoms with Crippen molar-refractivity contribution in [3.8, 4) is 12.1 Å². The second-order valence-electron chi connectivity index (χ2n) is 10.4. The number of pyridine rings is 1. The van der Waals surface area contributed by atoms with Crippen molar-refractivity contribution in [2.45, 2.75) is 43.8 Å². The highest BCUT2D eigenvalue weighted by Gasteiger charge is 2.47. The van der Waals surface area contributed by atoms with Gasteiger partial charge in [0.25, 0.3) is 0 Å². The number of aromatic nitrogens is 4. The molecule has 2 aromatic heterocycles. The minimum absolute atomic E-state index is 0.0277. The molecule has 2 atom stereocenters. The maximum atomic E-state index is 10.0. The Balaban J connectivity index is 1.46. The van der Waals surface area contributed by atoms with E-state index in [0.717, 1.165) is 30.4 Å². The summed E-state index contributed by atoms with van der Waals surface area (Å²) in [5, 5.41) is 37.3. The Kier molecular flexibility index (Phi) is 7.43. The molecule has 0 aliphatic heterocycles. The predicted octanol–water partition coefficient (Wildman–Crippen LogP) is 7.78. The fraction of sp³-hybridized carbons (Fsp3) is 0.219. The maximum Gasteiger partial charge on any atom is 0.150 e. The monoisotopic (exact) mass is 592 g/mol. The zero-order valence-corrected chi connectivity index (χ0v) is 24.2. The Hall–Kier alpha value is -4.63. The first-order chi connectivity index (χ1) is 20.5. The van der Waals surface area contributed by atoms with Crippen molar-refractivity contribution in [2.24, 2.45) is 0 Å². The quantitative estimate of drug-likeness (QED) is 0.179. The summed E-state index contributed by atoms with van der Waals surface area (Å²) in [4.78, 5) is 4.69. The van der Waals surface area contributed by atoms with Crippen LogP contribution in [-0.4, -0.2) is 20.0 Å². The number of nitrogens with one attached hydrogen (secondary N) is 2. The number of benzene rings is 3. The van der Waals surface area contributed by atoms with Crippen molar-refractivity contribution >= 4 is 45.5 Å². The molecular weight excluding hydrogens is 567 g/mol. The van der Waals surface area contributed by atoms with Crippen molar-refractivity contribution in [2.75, 3.05) is 10.6 Å².